The van der Waals surface area contributed by atoms with E-state index in [0.29, 0.717) is 16.0 Å². The molecule has 3 rings (SSSR count). The first-order chi connectivity index (χ1) is 14.4. The second-order valence-electron chi connectivity index (χ2n) is 6.01. The smallest absolute Gasteiger partial charge is 0.261 e. The van der Waals surface area contributed by atoms with Gasteiger partial charge in [-0.05, 0) is 49.1 Å². The molecule has 2 N–H and O–H groups in total. The van der Waals surface area contributed by atoms with Crippen LogP contribution in [-0.2, 0) is 14.8 Å². The lowest BCUT2D eigenvalue weighted by molar-refractivity contribution is -0.115. The Balaban J connectivity index is 1.57. The zero-order chi connectivity index (χ0) is 21.6. The number of sulfonamides is 1. The van der Waals surface area contributed by atoms with E-state index in [-0.39, 0.29) is 16.1 Å². The van der Waals surface area contributed by atoms with Crippen molar-refractivity contribution in [2.75, 3.05) is 15.8 Å². The van der Waals surface area contributed by atoms with Crippen molar-refractivity contribution in [2.24, 2.45) is 0 Å². The minimum atomic E-state index is -3.63. The maximum atomic E-state index is 12.4. The van der Waals surface area contributed by atoms with Gasteiger partial charge < -0.3 is 0 Å². The molecule has 3 aromatic rings. The van der Waals surface area contributed by atoms with Gasteiger partial charge in [0.2, 0.25) is 16.2 Å². The van der Waals surface area contributed by atoms with Gasteiger partial charge in [-0.1, -0.05) is 36.9 Å². The van der Waals surface area contributed by atoms with E-state index in [1.54, 1.807) is 49.4 Å². The van der Waals surface area contributed by atoms with Crippen LogP contribution in [0, 0.1) is 0 Å². The van der Waals surface area contributed by atoms with Gasteiger partial charge in [-0.15, -0.1) is 11.8 Å². The van der Waals surface area contributed by atoms with Gasteiger partial charge in [0, 0.05) is 22.1 Å². The molecule has 0 bridgehead atoms. The topological polar surface area (TPSA) is 101 Å². The minimum Gasteiger partial charge on any atom is -0.300 e. The van der Waals surface area contributed by atoms with Crippen LogP contribution in [0.15, 0.2) is 69.5 Å². The van der Waals surface area contributed by atoms with Crippen LogP contribution in [0.4, 0.5) is 10.8 Å². The van der Waals surface area contributed by atoms with Gasteiger partial charge in [0.15, 0.2) is 0 Å². The number of carbonyl (C=O) groups is 1. The zero-order valence-electron chi connectivity index (χ0n) is 16.2. The third-order valence-corrected chi connectivity index (χ3v) is 7.74. The fourth-order valence-corrected chi connectivity index (χ4v) is 5.55. The fraction of sp³-hybridized carbons (Fsp3) is 0.211. The summed E-state index contributed by atoms with van der Waals surface area (Å²) >= 11 is 4.05. The largest absolute Gasteiger partial charge is 0.300 e. The van der Waals surface area contributed by atoms with Gasteiger partial charge in [0.05, 0.1) is 10.1 Å². The molecule has 1 heterocycles. The summed E-state index contributed by atoms with van der Waals surface area (Å²) in [4.78, 5) is 17.7. The summed E-state index contributed by atoms with van der Waals surface area (Å²) < 4.78 is 31.5. The molecule has 0 radical (unpaired) electrons. The van der Waals surface area contributed by atoms with Crippen molar-refractivity contribution in [3.8, 4) is 0 Å². The molecule has 0 aliphatic carbocycles. The SMILES string of the molecule is CCSc1nsc(NC(=O)C(C)Sc2ccc(NS(=O)(=O)c3ccccc3)cc2)n1. The van der Waals surface area contributed by atoms with Crippen molar-refractivity contribution in [2.45, 2.75) is 34.0 Å². The molecule has 0 fully saturated rings. The molecule has 2 aromatic carbocycles. The van der Waals surface area contributed by atoms with E-state index in [1.807, 2.05) is 6.92 Å². The van der Waals surface area contributed by atoms with Gasteiger partial charge in [-0.25, -0.2) is 8.42 Å². The number of anilines is 2. The molecule has 1 aromatic heterocycles. The van der Waals surface area contributed by atoms with Gasteiger partial charge in [-0.3, -0.25) is 14.8 Å². The molecular formula is C19H20N4O3S4. The summed E-state index contributed by atoms with van der Waals surface area (Å²) in [6.45, 7) is 3.81. The van der Waals surface area contributed by atoms with Crippen LogP contribution in [0.5, 0.6) is 0 Å². The predicted molar refractivity (Wildman–Crippen MR) is 124 cm³/mol. The Labute approximate surface area is 188 Å². The molecule has 0 aliphatic rings. The normalized spacial score (nSPS) is 12.3. The van der Waals surface area contributed by atoms with Crippen LogP contribution in [0.3, 0.4) is 0 Å². The third kappa shape index (κ3) is 6.21. The number of nitrogens with zero attached hydrogens (tertiary/aromatic N) is 2. The van der Waals surface area contributed by atoms with Gasteiger partial charge in [0.1, 0.15) is 0 Å². The van der Waals surface area contributed by atoms with Crippen LogP contribution in [0.25, 0.3) is 0 Å². The first-order valence-electron chi connectivity index (χ1n) is 8.99. The third-order valence-electron chi connectivity index (χ3n) is 3.75. The quantitative estimate of drug-likeness (QED) is 0.433. The van der Waals surface area contributed by atoms with Gasteiger partial charge >= 0.3 is 0 Å². The van der Waals surface area contributed by atoms with Crippen molar-refractivity contribution in [1.82, 2.24) is 9.36 Å². The monoisotopic (exact) mass is 480 g/mol. The summed E-state index contributed by atoms with van der Waals surface area (Å²) in [6, 6.07) is 15.1. The summed E-state index contributed by atoms with van der Waals surface area (Å²) in [7, 11) is -3.63. The Bertz CT molecular complexity index is 1090. The zero-order valence-corrected chi connectivity index (χ0v) is 19.5. The standard InChI is InChI=1S/C19H20N4O3S4/c1-3-27-19-21-18(29-22-19)20-17(24)13(2)28-15-11-9-14(10-12-15)23-30(25,26)16-7-5-4-6-8-16/h4-13,23H,3H2,1-2H3,(H,20,21,22,24). The maximum absolute atomic E-state index is 12.4. The van der Waals surface area contributed by atoms with Gasteiger partial charge in [-0.2, -0.15) is 9.36 Å². The molecular weight excluding hydrogens is 461 g/mol. The molecule has 0 spiro atoms. The highest BCUT2D eigenvalue weighted by molar-refractivity contribution is 8.00. The molecule has 158 valence electrons. The van der Waals surface area contributed by atoms with Crippen LogP contribution < -0.4 is 10.0 Å². The lowest BCUT2D eigenvalue weighted by atomic mass is 10.3. The molecule has 0 saturated heterocycles. The first kappa shape index (κ1) is 22.6. The first-order valence-corrected chi connectivity index (χ1v) is 13.1. The van der Waals surface area contributed by atoms with E-state index in [2.05, 4.69) is 19.4 Å². The summed E-state index contributed by atoms with van der Waals surface area (Å²) in [5, 5.41) is 3.56. The summed E-state index contributed by atoms with van der Waals surface area (Å²) in [5.74, 6) is 0.700. The molecule has 30 heavy (non-hydrogen) atoms. The van der Waals surface area contributed by atoms with Gasteiger partial charge in [0.25, 0.3) is 10.0 Å². The van der Waals surface area contributed by atoms with Crippen molar-refractivity contribution in [3.05, 3.63) is 54.6 Å². The average molecular weight is 481 g/mol. The van der Waals surface area contributed by atoms with Crippen molar-refractivity contribution >= 4 is 61.8 Å². The van der Waals surface area contributed by atoms with Crippen LogP contribution in [-0.4, -0.2) is 34.7 Å². The highest BCUT2D eigenvalue weighted by atomic mass is 32.2. The molecule has 1 amide bonds. The number of rotatable bonds is 9. The predicted octanol–water partition coefficient (Wildman–Crippen LogP) is 4.57. The highest BCUT2D eigenvalue weighted by Gasteiger charge is 2.17. The Morgan fingerprint density at radius 3 is 2.50 bits per heavy atom. The lowest BCUT2D eigenvalue weighted by Gasteiger charge is -2.11. The van der Waals surface area contributed by atoms with E-state index in [0.717, 1.165) is 22.2 Å². The highest BCUT2D eigenvalue weighted by Crippen LogP contribution is 2.27. The molecule has 0 saturated carbocycles. The number of hydrogen-bond acceptors (Lipinski definition) is 8. The van der Waals surface area contributed by atoms with Crippen LogP contribution >= 0.6 is 35.1 Å². The van der Waals surface area contributed by atoms with E-state index < -0.39 is 10.0 Å². The minimum absolute atomic E-state index is 0.168. The number of nitrogens with one attached hydrogen (secondary N) is 2. The van der Waals surface area contributed by atoms with E-state index in [1.165, 1.54) is 35.7 Å². The van der Waals surface area contributed by atoms with Crippen molar-refractivity contribution < 1.29 is 13.2 Å². The Kier molecular flexibility index (Phi) is 7.75. The second kappa shape index (κ2) is 10.3. The molecule has 0 aliphatic heterocycles. The Morgan fingerprint density at radius 1 is 1.13 bits per heavy atom. The van der Waals surface area contributed by atoms with E-state index in [4.69, 9.17) is 0 Å². The maximum Gasteiger partial charge on any atom is 0.261 e. The molecule has 11 heteroatoms. The fourth-order valence-electron chi connectivity index (χ4n) is 2.33. The Hall–Kier alpha value is -2.08. The average Bonchev–Trinajstić information content (AvgIpc) is 3.17. The number of thioether (sulfide) groups is 2. The van der Waals surface area contributed by atoms with E-state index >= 15 is 0 Å². The number of carbonyl (C=O) groups excluding carboxylic acids is 1. The van der Waals surface area contributed by atoms with Crippen LogP contribution in [0.2, 0.25) is 0 Å². The molecule has 7 nitrogen and oxygen atoms in total. The summed E-state index contributed by atoms with van der Waals surface area (Å²) in [6.07, 6.45) is 0. The van der Waals surface area contributed by atoms with Crippen molar-refractivity contribution in [3.63, 3.8) is 0 Å². The van der Waals surface area contributed by atoms with Crippen LogP contribution in [0.1, 0.15) is 13.8 Å². The van der Waals surface area contributed by atoms with E-state index in [9.17, 15) is 13.2 Å². The summed E-state index contributed by atoms with van der Waals surface area (Å²) in [5.41, 5.74) is 0.454. The molecule has 1 unspecified atom stereocenters. The number of aromatic nitrogens is 2. The molecule has 1 atom stereocenters. The number of benzene rings is 2. The lowest BCUT2D eigenvalue weighted by Crippen LogP contribution is -2.22. The number of amides is 1. The second-order valence-corrected chi connectivity index (χ2v) is 11.1. The van der Waals surface area contributed by atoms with Crippen molar-refractivity contribution in [1.29, 1.82) is 0 Å². The Morgan fingerprint density at radius 2 is 1.83 bits per heavy atom. The number of hydrogen-bond donors (Lipinski definition) is 2.